The van der Waals surface area contributed by atoms with E-state index in [0.29, 0.717) is 5.82 Å². The Morgan fingerprint density at radius 1 is 1.27 bits per heavy atom. The molecule has 2 N–H and O–H groups in total. The first-order chi connectivity index (χ1) is 10.4. The summed E-state index contributed by atoms with van der Waals surface area (Å²) in [5, 5.41) is 2.30. The van der Waals surface area contributed by atoms with Crippen LogP contribution in [-0.4, -0.2) is 25.4 Å². The number of carbonyl (C=O) groups excluding carboxylic acids is 1. The van der Waals surface area contributed by atoms with E-state index in [1.807, 2.05) is 0 Å². The van der Waals surface area contributed by atoms with E-state index in [4.69, 9.17) is 4.42 Å². The van der Waals surface area contributed by atoms with Crippen molar-refractivity contribution in [3.8, 4) is 0 Å². The molecule has 116 valence electrons. The molecule has 0 aliphatic heterocycles. The molecule has 3 rings (SSSR count). The van der Waals surface area contributed by atoms with Gasteiger partial charge < -0.3 is 9.73 Å². The highest BCUT2D eigenvalue weighted by molar-refractivity contribution is 7.89. The summed E-state index contributed by atoms with van der Waals surface area (Å²) in [6, 6.07) is 7.77. The first-order valence-electron chi connectivity index (χ1n) is 6.81. The number of sulfonamides is 1. The maximum Gasteiger partial charge on any atom is 0.292 e. The number of nitrogens with zero attached hydrogens (tertiary/aromatic N) is 1. The van der Waals surface area contributed by atoms with E-state index in [1.54, 1.807) is 25.1 Å². The fourth-order valence-corrected chi connectivity index (χ4v) is 3.09. The molecule has 1 saturated carbocycles. The minimum atomic E-state index is -3.70. The van der Waals surface area contributed by atoms with E-state index in [-0.39, 0.29) is 16.9 Å². The highest BCUT2D eigenvalue weighted by Gasteiger charge is 2.30. The summed E-state index contributed by atoms with van der Waals surface area (Å²) in [6.07, 6.45) is 1.65. The van der Waals surface area contributed by atoms with Crippen LogP contribution in [0.25, 0.3) is 0 Å². The van der Waals surface area contributed by atoms with Gasteiger partial charge in [0, 0.05) is 11.7 Å². The van der Waals surface area contributed by atoms with Crippen LogP contribution >= 0.6 is 0 Å². The summed E-state index contributed by atoms with van der Waals surface area (Å²) in [5.74, 6) is -0.257. The van der Waals surface area contributed by atoms with Gasteiger partial charge in [0.25, 0.3) is 15.9 Å². The number of hydrogen-bond donors (Lipinski definition) is 2. The predicted molar refractivity (Wildman–Crippen MR) is 79.0 cm³/mol. The van der Waals surface area contributed by atoms with E-state index < -0.39 is 15.9 Å². The molecule has 8 heteroatoms. The molecule has 1 amide bonds. The lowest BCUT2D eigenvalue weighted by Gasteiger charge is -2.03. The predicted octanol–water partition coefficient (Wildman–Crippen LogP) is 1.68. The van der Waals surface area contributed by atoms with Gasteiger partial charge in [-0.25, -0.2) is 18.1 Å². The number of amides is 1. The van der Waals surface area contributed by atoms with Gasteiger partial charge in [0.15, 0.2) is 5.76 Å². The van der Waals surface area contributed by atoms with Gasteiger partial charge in [-0.05, 0) is 44.0 Å². The van der Waals surface area contributed by atoms with Crippen LogP contribution in [0.3, 0.4) is 0 Å². The number of nitrogens with one attached hydrogen (secondary N) is 2. The molecule has 22 heavy (non-hydrogen) atoms. The van der Waals surface area contributed by atoms with Gasteiger partial charge in [-0.15, -0.1) is 0 Å². The van der Waals surface area contributed by atoms with Crippen LogP contribution in [0.2, 0.25) is 0 Å². The second kappa shape index (κ2) is 5.54. The highest BCUT2D eigenvalue weighted by atomic mass is 32.2. The topological polar surface area (TPSA) is 101 Å². The highest BCUT2D eigenvalue weighted by Crippen LogP contribution is 2.23. The van der Waals surface area contributed by atoms with Crippen molar-refractivity contribution in [1.82, 2.24) is 9.71 Å². The average molecular weight is 321 g/mol. The van der Waals surface area contributed by atoms with Crippen LogP contribution in [0.5, 0.6) is 0 Å². The van der Waals surface area contributed by atoms with Crippen molar-refractivity contribution in [2.45, 2.75) is 30.9 Å². The van der Waals surface area contributed by atoms with Gasteiger partial charge >= 0.3 is 0 Å². The van der Waals surface area contributed by atoms with Crippen molar-refractivity contribution < 1.29 is 17.6 Å². The normalized spacial score (nSPS) is 14.8. The first kappa shape index (κ1) is 14.7. The second-order valence-corrected chi connectivity index (χ2v) is 6.78. The summed E-state index contributed by atoms with van der Waals surface area (Å²) in [5.41, 5.74) is 0.758. The number of pyridine rings is 1. The van der Waals surface area contributed by atoms with Crippen LogP contribution in [0.4, 0.5) is 5.82 Å². The molecule has 1 fully saturated rings. The molecular weight excluding hydrogens is 306 g/mol. The third-order valence-electron chi connectivity index (χ3n) is 3.10. The Hall–Kier alpha value is -2.19. The molecule has 0 spiro atoms. The van der Waals surface area contributed by atoms with E-state index in [2.05, 4.69) is 15.0 Å². The number of hydrogen-bond acceptors (Lipinski definition) is 5. The van der Waals surface area contributed by atoms with Gasteiger partial charge in [-0.2, -0.15) is 0 Å². The Kier molecular flexibility index (Phi) is 3.71. The molecule has 0 unspecified atom stereocenters. The SMILES string of the molecule is Cc1cccc(NC(=O)c2ccc(S(=O)(=O)NC3CC3)o2)n1. The molecule has 2 aromatic heterocycles. The number of aromatic nitrogens is 1. The number of aryl methyl sites for hydroxylation is 1. The summed E-state index contributed by atoms with van der Waals surface area (Å²) in [6.45, 7) is 1.80. The zero-order valence-electron chi connectivity index (χ0n) is 11.9. The third kappa shape index (κ3) is 3.34. The van der Waals surface area contributed by atoms with E-state index >= 15 is 0 Å². The van der Waals surface area contributed by atoms with Crippen LogP contribution in [0, 0.1) is 6.92 Å². The Labute approximate surface area is 127 Å². The average Bonchev–Trinajstić information content (AvgIpc) is 3.09. The van der Waals surface area contributed by atoms with Crippen LogP contribution in [-0.2, 0) is 10.0 Å². The Morgan fingerprint density at radius 3 is 2.73 bits per heavy atom. The Bertz CT molecular complexity index is 809. The number of anilines is 1. The van der Waals surface area contributed by atoms with E-state index in [1.165, 1.54) is 12.1 Å². The summed E-state index contributed by atoms with van der Waals surface area (Å²) in [7, 11) is -3.70. The molecule has 2 aromatic rings. The monoisotopic (exact) mass is 321 g/mol. The lowest BCUT2D eigenvalue weighted by molar-refractivity contribution is 0.0991. The lowest BCUT2D eigenvalue weighted by Crippen LogP contribution is -2.25. The van der Waals surface area contributed by atoms with Crippen molar-refractivity contribution in [3.63, 3.8) is 0 Å². The minimum absolute atomic E-state index is 0.0242. The Morgan fingerprint density at radius 2 is 2.05 bits per heavy atom. The maximum absolute atomic E-state index is 12.0. The molecule has 0 radical (unpaired) electrons. The fraction of sp³-hybridized carbons (Fsp3) is 0.286. The van der Waals surface area contributed by atoms with Crippen molar-refractivity contribution in [2.24, 2.45) is 0 Å². The molecule has 1 aliphatic carbocycles. The minimum Gasteiger partial charge on any atom is -0.438 e. The largest absolute Gasteiger partial charge is 0.438 e. The van der Waals surface area contributed by atoms with E-state index in [9.17, 15) is 13.2 Å². The van der Waals surface area contributed by atoms with Crippen LogP contribution in [0.15, 0.2) is 39.8 Å². The van der Waals surface area contributed by atoms with Gasteiger partial charge in [-0.1, -0.05) is 6.07 Å². The number of rotatable bonds is 5. The standard InChI is InChI=1S/C14H15N3O4S/c1-9-3-2-4-12(15-9)16-14(18)11-7-8-13(21-11)22(19,20)17-10-5-6-10/h2-4,7-8,10,17H,5-6H2,1H3,(H,15,16,18). The fourth-order valence-electron chi connectivity index (χ4n) is 1.86. The Balaban J connectivity index is 1.74. The van der Waals surface area contributed by atoms with Gasteiger partial charge in [0.2, 0.25) is 5.09 Å². The molecule has 1 aliphatic rings. The van der Waals surface area contributed by atoms with Gasteiger partial charge in [0.05, 0.1) is 0 Å². The molecule has 0 bridgehead atoms. The quantitative estimate of drug-likeness (QED) is 0.872. The van der Waals surface area contributed by atoms with E-state index in [0.717, 1.165) is 18.5 Å². The molecular formula is C14H15N3O4S. The van der Waals surface area contributed by atoms with Crippen LogP contribution in [0.1, 0.15) is 29.1 Å². The molecule has 7 nitrogen and oxygen atoms in total. The zero-order chi connectivity index (χ0) is 15.7. The first-order valence-corrected chi connectivity index (χ1v) is 8.29. The number of carbonyl (C=O) groups is 1. The summed E-state index contributed by atoms with van der Waals surface area (Å²) in [4.78, 5) is 16.2. The maximum atomic E-state index is 12.0. The molecule has 0 saturated heterocycles. The summed E-state index contributed by atoms with van der Waals surface area (Å²) >= 11 is 0. The number of furan rings is 1. The van der Waals surface area contributed by atoms with Crippen molar-refractivity contribution in [2.75, 3.05) is 5.32 Å². The zero-order valence-corrected chi connectivity index (χ0v) is 12.7. The molecule has 2 heterocycles. The third-order valence-corrected chi connectivity index (χ3v) is 4.49. The second-order valence-electron chi connectivity index (χ2n) is 5.13. The lowest BCUT2D eigenvalue weighted by atomic mass is 10.3. The van der Waals surface area contributed by atoms with Gasteiger partial charge in [0.1, 0.15) is 5.82 Å². The molecule has 0 aromatic carbocycles. The molecule has 0 atom stereocenters. The smallest absolute Gasteiger partial charge is 0.292 e. The van der Waals surface area contributed by atoms with Crippen molar-refractivity contribution in [3.05, 3.63) is 41.8 Å². The summed E-state index contributed by atoms with van der Waals surface area (Å²) < 4.78 is 31.6. The van der Waals surface area contributed by atoms with Gasteiger partial charge in [-0.3, -0.25) is 4.79 Å². The van der Waals surface area contributed by atoms with Crippen LogP contribution < -0.4 is 10.0 Å². The van der Waals surface area contributed by atoms with Crippen molar-refractivity contribution >= 4 is 21.7 Å². The van der Waals surface area contributed by atoms with Crippen molar-refractivity contribution in [1.29, 1.82) is 0 Å².